The number of allylic oxidation sites excluding steroid dienone is 2. The van der Waals surface area contributed by atoms with E-state index in [-0.39, 0.29) is 26.4 Å². The lowest BCUT2D eigenvalue weighted by atomic mass is 9.90. The Hall–Kier alpha value is -3.07. The molecule has 3 aromatic carbocycles. The highest BCUT2D eigenvalue weighted by molar-refractivity contribution is 8.03. The SMILES string of the molecule is C=CCOCC(O)COc1c2c(c(OCC(O)COCC=C)c3ccccc13)CC(Sc1ccccc1)=CC2. The summed E-state index contributed by atoms with van der Waals surface area (Å²) in [7, 11) is 0. The van der Waals surface area contributed by atoms with E-state index in [1.54, 1.807) is 23.9 Å². The van der Waals surface area contributed by atoms with Crippen LogP contribution >= 0.6 is 11.8 Å². The van der Waals surface area contributed by atoms with Gasteiger partial charge >= 0.3 is 0 Å². The van der Waals surface area contributed by atoms with Gasteiger partial charge in [-0.1, -0.05) is 72.5 Å². The van der Waals surface area contributed by atoms with Crippen molar-refractivity contribution in [1.82, 2.24) is 0 Å². The van der Waals surface area contributed by atoms with Crippen molar-refractivity contribution in [2.24, 2.45) is 0 Å². The largest absolute Gasteiger partial charge is 0.490 e. The van der Waals surface area contributed by atoms with Gasteiger partial charge in [-0.15, -0.1) is 13.2 Å². The molecule has 206 valence electrons. The van der Waals surface area contributed by atoms with Crippen LogP contribution in [0.25, 0.3) is 10.8 Å². The number of thioether (sulfide) groups is 1. The Morgan fingerprint density at radius 3 is 1.85 bits per heavy atom. The molecule has 0 aromatic heterocycles. The fourth-order valence-electron chi connectivity index (χ4n) is 4.42. The van der Waals surface area contributed by atoms with Crippen molar-refractivity contribution in [3.05, 3.63) is 102 Å². The Balaban J connectivity index is 1.65. The van der Waals surface area contributed by atoms with Crippen molar-refractivity contribution in [2.75, 3.05) is 39.6 Å². The van der Waals surface area contributed by atoms with Crippen molar-refractivity contribution in [1.29, 1.82) is 0 Å². The standard InChI is InChI=1S/C32H36O6S/c1-3-16-35-19-23(33)21-37-31-27-12-8-9-13-28(27)32(38-22-24(34)20-36-17-4-2)30-18-26(14-15-29(30)31)39-25-10-6-5-7-11-25/h3-14,23-24,33-34H,1-2,15-22H2. The molecule has 0 saturated carbocycles. The number of ether oxygens (including phenoxy) is 4. The monoisotopic (exact) mass is 548 g/mol. The molecule has 39 heavy (non-hydrogen) atoms. The van der Waals surface area contributed by atoms with Gasteiger partial charge in [-0.2, -0.15) is 0 Å². The average molecular weight is 549 g/mol. The van der Waals surface area contributed by atoms with E-state index < -0.39 is 12.2 Å². The molecule has 2 N–H and O–H groups in total. The van der Waals surface area contributed by atoms with Crippen LogP contribution in [0.1, 0.15) is 11.1 Å². The molecule has 0 saturated heterocycles. The molecule has 2 unspecified atom stereocenters. The van der Waals surface area contributed by atoms with Crippen LogP contribution in [0, 0.1) is 0 Å². The molecule has 0 fully saturated rings. The van der Waals surface area contributed by atoms with Gasteiger partial charge in [-0.05, 0) is 23.5 Å². The third kappa shape index (κ3) is 7.97. The maximum absolute atomic E-state index is 10.5. The van der Waals surface area contributed by atoms with Crippen LogP contribution in [0.2, 0.25) is 0 Å². The van der Waals surface area contributed by atoms with E-state index in [1.165, 1.54) is 9.80 Å². The highest BCUT2D eigenvalue weighted by Crippen LogP contribution is 2.46. The smallest absolute Gasteiger partial charge is 0.131 e. The summed E-state index contributed by atoms with van der Waals surface area (Å²) in [5, 5.41) is 22.7. The normalized spacial score (nSPS) is 14.3. The number of aliphatic hydroxyl groups is 2. The summed E-state index contributed by atoms with van der Waals surface area (Å²) < 4.78 is 23.4. The lowest BCUT2D eigenvalue weighted by Crippen LogP contribution is -2.25. The third-order valence-corrected chi connectivity index (χ3v) is 7.22. The molecule has 0 amide bonds. The van der Waals surface area contributed by atoms with E-state index in [0.29, 0.717) is 26.1 Å². The van der Waals surface area contributed by atoms with Crippen LogP contribution in [0.5, 0.6) is 11.5 Å². The average Bonchev–Trinajstić information content (AvgIpc) is 2.95. The zero-order valence-electron chi connectivity index (χ0n) is 22.1. The van der Waals surface area contributed by atoms with Crippen LogP contribution in [0.4, 0.5) is 0 Å². The molecule has 3 aromatic rings. The second kappa shape index (κ2) is 14.9. The topological polar surface area (TPSA) is 77.4 Å². The van der Waals surface area contributed by atoms with Gasteiger partial charge in [0.15, 0.2) is 0 Å². The van der Waals surface area contributed by atoms with Crippen molar-refractivity contribution in [3.8, 4) is 11.5 Å². The summed E-state index contributed by atoms with van der Waals surface area (Å²) >= 11 is 1.74. The molecule has 4 rings (SSSR count). The predicted octanol–water partition coefficient (Wildman–Crippen LogP) is 5.50. The summed E-state index contributed by atoms with van der Waals surface area (Å²) in [6.45, 7) is 8.54. The Labute approximate surface area is 234 Å². The molecule has 7 heteroatoms. The van der Waals surface area contributed by atoms with E-state index in [2.05, 4.69) is 31.4 Å². The minimum absolute atomic E-state index is 0.0953. The first-order valence-corrected chi connectivity index (χ1v) is 13.9. The Kier molecular flexibility index (Phi) is 11.1. The van der Waals surface area contributed by atoms with Gasteiger partial charge in [0.2, 0.25) is 0 Å². The quantitative estimate of drug-likeness (QED) is 0.181. The van der Waals surface area contributed by atoms with Crippen LogP contribution in [0.15, 0.2) is 95.8 Å². The van der Waals surface area contributed by atoms with Crippen LogP contribution < -0.4 is 9.47 Å². The fraction of sp³-hybridized carbons (Fsp3) is 0.312. The van der Waals surface area contributed by atoms with E-state index in [9.17, 15) is 10.2 Å². The molecule has 2 atom stereocenters. The number of rotatable bonds is 16. The van der Waals surface area contributed by atoms with Crippen molar-refractivity contribution < 1.29 is 29.2 Å². The molecular formula is C32H36O6S. The number of benzene rings is 3. The lowest BCUT2D eigenvalue weighted by Gasteiger charge is -2.26. The maximum Gasteiger partial charge on any atom is 0.131 e. The molecule has 6 nitrogen and oxygen atoms in total. The highest BCUT2D eigenvalue weighted by atomic mass is 32.2. The van der Waals surface area contributed by atoms with E-state index in [1.807, 2.05) is 42.5 Å². The minimum atomic E-state index is -0.779. The number of fused-ring (bicyclic) bond motifs is 2. The van der Waals surface area contributed by atoms with Crippen molar-refractivity contribution in [2.45, 2.75) is 29.9 Å². The van der Waals surface area contributed by atoms with Gasteiger partial charge in [-0.3, -0.25) is 0 Å². The van der Waals surface area contributed by atoms with Gasteiger partial charge in [0.1, 0.15) is 36.9 Å². The highest BCUT2D eigenvalue weighted by Gasteiger charge is 2.26. The number of aliphatic hydroxyl groups excluding tert-OH is 2. The molecular weight excluding hydrogens is 512 g/mol. The lowest BCUT2D eigenvalue weighted by molar-refractivity contribution is 0.0208. The second-order valence-electron chi connectivity index (χ2n) is 9.21. The fourth-order valence-corrected chi connectivity index (χ4v) is 5.40. The first-order chi connectivity index (χ1) is 19.1. The van der Waals surface area contributed by atoms with Gasteiger partial charge < -0.3 is 29.2 Å². The zero-order chi connectivity index (χ0) is 27.5. The van der Waals surface area contributed by atoms with Crippen molar-refractivity contribution >= 4 is 22.5 Å². The van der Waals surface area contributed by atoms with E-state index in [4.69, 9.17) is 18.9 Å². The van der Waals surface area contributed by atoms with E-state index >= 15 is 0 Å². The first kappa shape index (κ1) is 28.9. The third-order valence-electron chi connectivity index (χ3n) is 6.14. The maximum atomic E-state index is 10.5. The predicted molar refractivity (Wildman–Crippen MR) is 157 cm³/mol. The molecule has 1 aliphatic carbocycles. The molecule has 0 bridgehead atoms. The summed E-state index contributed by atoms with van der Waals surface area (Å²) in [4.78, 5) is 2.39. The van der Waals surface area contributed by atoms with Crippen molar-refractivity contribution in [3.63, 3.8) is 0 Å². The molecule has 0 spiro atoms. The molecule has 0 heterocycles. The van der Waals surface area contributed by atoms with Gasteiger partial charge in [0.25, 0.3) is 0 Å². The second-order valence-corrected chi connectivity index (χ2v) is 10.4. The van der Waals surface area contributed by atoms with Crippen LogP contribution in [0.3, 0.4) is 0 Å². The van der Waals surface area contributed by atoms with Crippen LogP contribution in [-0.4, -0.2) is 62.1 Å². The number of hydrogen-bond donors (Lipinski definition) is 2. The van der Waals surface area contributed by atoms with Crippen LogP contribution in [-0.2, 0) is 22.3 Å². The Bertz CT molecular complexity index is 1270. The molecule has 0 radical (unpaired) electrons. The Morgan fingerprint density at radius 1 is 0.744 bits per heavy atom. The van der Waals surface area contributed by atoms with Gasteiger partial charge in [-0.25, -0.2) is 0 Å². The summed E-state index contributed by atoms with van der Waals surface area (Å²) in [5.74, 6) is 1.48. The van der Waals surface area contributed by atoms with Gasteiger partial charge in [0, 0.05) is 33.2 Å². The first-order valence-electron chi connectivity index (χ1n) is 13.1. The van der Waals surface area contributed by atoms with Gasteiger partial charge in [0.05, 0.1) is 26.4 Å². The summed E-state index contributed by atoms with van der Waals surface area (Å²) in [5.41, 5.74) is 2.05. The summed E-state index contributed by atoms with van der Waals surface area (Å²) in [6, 6.07) is 18.2. The van der Waals surface area contributed by atoms with E-state index in [0.717, 1.165) is 33.4 Å². The summed E-state index contributed by atoms with van der Waals surface area (Å²) in [6.07, 6.45) is 5.30. The molecule has 1 aliphatic rings. The number of hydrogen-bond acceptors (Lipinski definition) is 7. The molecule has 0 aliphatic heterocycles. The minimum Gasteiger partial charge on any atom is -0.490 e. The Morgan fingerprint density at radius 2 is 1.28 bits per heavy atom. The zero-order valence-corrected chi connectivity index (χ0v) is 22.9.